The van der Waals surface area contributed by atoms with Crippen LogP contribution in [-0.4, -0.2) is 52.1 Å². The van der Waals surface area contributed by atoms with Crippen molar-refractivity contribution < 1.29 is 24.2 Å². The van der Waals surface area contributed by atoms with Gasteiger partial charge in [0.2, 0.25) is 11.8 Å². The minimum Gasteiger partial charge on any atom is -0.507 e. The highest BCUT2D eigenvalue weighted by Gasteiger charge is 2.40. The molecule has 8 heteroatoms. The Kier molecular flexibility index (Phi) is 14.0. The number of rotatable bonds is 15. The fourth-order valence-corrected chi connectivity index (χ4v) is 5.00. The van der Waals surface area contributed by atoms with E-state index >= 15 is 0 Å². The first-order valence-electron chi connectivity index (χ1n) is 15.7. The maximum Gasteiger partial charge on any atom is 0.408 e. The number of hydrogen-bond acceptors (Lipinski definition) is 5. The molecule has 0 aliphatic rings. The molecule has 0 radical (unpaired) electrons. The van der Waals surface area contributed by atoms with Crippen molar-refractivity contribution in [2.45, 2.75) is 118 Å². The summed E-state index contributed by atoms with van der Waals surface area (Å²) < 4.78 is 5.54. The molecule has 0 aromatic heterocycles. The summed E-state index contributed by atoms with van der Waals surface area (Å²) in [6.07, 6.45) is 3.74. The Morgan fingerprint density at radius 1 is 0.953 bits per heavy atom. The molecule has 8 nitrogen and oxygen atoms in total. The molecule has 43 heavy (non-hydrogen) atoms. The van der Waals surface area contributed by atoms with Gasteiger partial charge in [0.25, 0.3) is 0 Å². The summed E-state index contributed by atoms with van der Waals surface area (Å²) in [5, 5.41) is 17.0. The standard InChI is InChI=1S/C35H53N3O5/c1-9-10-14-22-36-32(40)30(28-19-15-16-25(4)31(28)39)38(26(5)21-20-24(2)3)33(41)29(23-27-17-12-11-13-18-27)37-34(42)43-35(6,7)8/h11-13,15-19,24,26,29-30,39H,9-10,14,20-23H2,1-8H3,(H,36,40)(H,37,42). The number of alkyl carbamates (subject to hydrolysis) is 1. The molecule has 3 atom stereocenters. The molecule has 238 valence electrons. The summed E-state index contributed by atoms with van der Waals surface area (Å²) in [7, 11) is 0. The second kappa shape index (κ2) is 16.9. The Bertz CT molecular complexity index is 1180. The van der Waals surface area contributed by atoms with Gasteiger partial charge < -0.3 is 25.4 Å². The lowest BCUT2D eigenvalue weighted by Crippen LogP contribution is -2.56. The number of aryl methyl sites for hydroxylation is 1. The molecule has 0 aliphatic carbocycles. The van der Waals surface area contributed by atoms with Crippen molar-refractivity contribution in [2.75, 3.05) is 6.54 Å². The lowest BCUT2D eigenvalue weighted by molar-refractivity contribution is -0.145. The lowest BCUT2D eigenvalue weighted by atomic mass is 9.94. The molecule has 2 aromatic rings. The van der Waals surface area contributed by atoms with Crippen molar-refractivity contribution >= 4 is 17.9 Å². The van der Waals surface area contributed by atoms with E-state index < -0.39 is 29.7 Å². The van der Waals surface area contributed by atoms with Crippen LogP contribution in [0.15, 0.2) is 48.5 Å². The van der Waals surface area contributed by atoms with Crippen molar-refractivity contribution in [2.24, 2.45) is 5.92 Å². The largest absolute Gasteiger partial charge is 0.507 e. The molecule has 3 unspecified atom stereocenters. The fraction of sp³-hybridized carbons (Fsp3) is 0.571. The molecular formula is C35H53N3O5. The lowest BCUT2D eigenvalue weighted by Gasteiger charge is -2.39. The van der Waals surface area contributed by atoms with Crippen LogP contribution in [0.1, 0.15) is 103 Å². The minimum absolute atomic E-state index is 0.0234. The molecule has 2 aromatic carbocycles. The SMILES string of the molecule is CCCCCNC(=O)C(c1cccc(C)c1O)N(C(=O)C(Cc1ccccc1)NC(=O)OC(C)(C)C)C(C)CCC(C)C. The van der Waals surface area contributed by atoms with Gasteiger partial charge >= 0.3 is 6.09 Å². The van der Waals surface area contributed by atoms with E-state index in [0.29, 0.717) is 30.0 Å². The summed E-state index contributed by atoms with van der Waals surface area (Å²) in [4.78, 5) is 43.3. The number of nitrogens with zero attached hydrogens (tertiary/aromatic N) is 1. The van der Waals surface area contributed by atoms with Gasteiger partial charge in [0, 0.05) is 24.6 Å². The van der Waals surface area contributed by atoms with E-state index in [9.17, 15) is 19.5 Å². The molecule has 0 spiro atoms. The predicted molar refractivity (Wildman–Crippen MR) is 172 cm³/mol. The Hall–Kier alpha value is -3.55. The number of amides is 3. The zero-order chi connectivity index (χ0) is 32.2. The van der Waals surface area contributed by atoms with Crippen LogP contribution in [0.5, 0.6) is 5.75 Å². The fourth-order valence-electron chi connectivity index (χ4n) is 5.00. The number of ether oxygens (including phenoxy) is 1. The average Bonchev–Trinajstić information content (AvgIpc) is 2.93. The summed E-state index contributed by atoms with van der Waals surface area (Å²) in [6.45, 7) is 15.8. The van der Waals surface area contributed by atoms with Gasteiger partial charge in [0.1, 0.15) is 23.4 Å². The second-order valence-corrected chi connectivity index (χ2v) is 12.9. The zero-order valence-corrected chi connectivity index (χ0v) is 27.4. The third-order valence-corrected chi connectivity index (χ3v) is 7.33. The number of unbranched alkanes of at least 4 members (excludes halogenated alkanes) is 2. The molecule has 0 heterocycles. The van der Waals surface area contributed by atoms with Gasteiger partial charge in [-0.15, -0.1) is 0 Å². The number of phenolic OH excluding ortho intramolecular Hbond substituents is 1. The Morgan fingerprint density at radius 2 is 1.63 bits per heavy atom. The van der Waals surface area contributed by atoms with Gasteiger partial charge in [-0.3, -0.25) is 9.59 Å². The molecule has 3 amide bonds. The maximum atomic E-state index is 14.7. The van der Waals surface area contributed by atoms with Gasteiger partial charge in [-0.1, -0.05) is 82.1 Å². The van der Waals surface area contributed by atoms with E-state index in [1.807, 2.05) is 37.3 Å². The summed E-state index contributed by atoms with van der Waals surface area (Å²) in [6, 6.07) is 12.2. The van der Waals surface area contributed by atoms with Gasteiger partial charge in [-0.25, -0.2) is 4.79 Å². The van der Waals surface area contributed by atoms with Crippen molar-refractivity contribution in [1.82, 2.24) is 15.5 Å². The number of benzene rings is 2. The molecule has 0 saturated carbocycles. The number of aromatic hydroxyl groups is 1. The van der Waals surface area contributed by atoms with Crippen molar-refractivity contribution in [1.29, 1.82) is 0 Å². The number of carbonyl (C=O) groups is 3. The number of para-hydroxylation sites is 1. The van der Waals surface area contributed by atoms with E-state index in [1.54, 1.807) is 50.8 Å². The molecule has 2 rings (SSSR count). The number of hydrogen-bond donors (Lipinski definition) is 3. The Labute approximate surface area is 258 Å². The Balaban J connectivity index is 2.65. The van der Waals surface area contributed by atoms with Crippen molar-refractivity contribution in [3.8, 4) is 5.75 Å². The first-order valence-corrected chi connectivity index (χ1v) is 15.7. The predicted octanol–water partition coefficient (Wildman–Crippen LogP) is 6.84. The highest BCUT2D eigenvalue weighted by molar-refractivity contribution is 5.93. The summed E-state index contributed by atoms with van der Waals surface area (Å²) in [5.74, 6) is -0.420. The number of phenols is 1. The number of carbonyl (C=O) groups excluding carboxylic acids is 3. The van der Waals surface area contributed by atoms with Crippen LogP contribution in [-0.2, 0) is 20.7 Å². The van der Waals surface area contributed by atoms with Crippen LogP contribution in [0.4, 0.5) is 4.79 Å². The zero-order valence-electron chi connectivity index (χ0n) is 27.4. The highest BCUT2D eigenvalue weighted by atomic mass is 16.6. The highest BCUT2D eigenvalue weighted by Crippen LogP contribution is 2.34. The first-order chi connectivity index (χ1) is 20.2. The maximum absolute atomic E-state index is 14.7. The normalized spacial score (nSPS) is 13.6. The van der Waals surface area contributed by atoms with Crippen molar-refractivity contribution in [3.05, 3.63) is 65.2 Å². The van der Waals surface area contributed by atoms with Gasteiger partial charge in [0.15, 0.2) is 0 Å². The first kappa shape index (κ1) is 35.6. The topological polar surface area (TPSA) is 108 Å². The second-order valence-electron chi connectivity index (χ2n) is 12.9. The molecule has 0 aliphatic heterocycles. The number of nitrogens with one attached hydrogen (secondary N) is 2. The van der Waals surface area contributed by atoms with Gasteiger partial charge in [-0.2, -0.15) is 0 Å². The monoisotopic (exact) mass is 595 g/mol. The molecule has 0 bridgehead atoms. The van der Waals surface area contributed by atoms with Crippen LogP contribution in [0, 0.1) is 12.8 Å². The van der Waals surface area contributed by atoms with E-state index in [-0.39, 0.29) is 24.1 Å². The van der Waals surface area contributed by atoms with Crippen LogP contribution >= 0.6 is 0 Å². The molecule has 0 saturated heterocycles. The van der Waals surface area contributed by atoms with E-state index in [2.05, 4.69) is 31.4 Å². The summed E-state index contributed by atoms with van der Waals surface area (Å²) >= 11 is 0. The third-order valence-electron chi connectivity index (χ3n) is 7.33. The summed E-state index contributed by atoms with van der Waals surface area (Å²) in [5.41, 5.74) is 1.05. The van der Waals surface area contributed by atoms with E-state index in [1.165, 1.54) is 0 Å². The van der Waals surface area contributed by atoms with Gasteiger partial charge in [0.05, 0.1) is 0 Å². The van der Waals surface area contributed by atoms with Crippen LogP contribution < -0.4 is 10.6 Å². The van der Waals surface area contributed by atoms with E-state index in [4.69, 9.17) is 4.74 Å². The van der Waals surface area contributed by atoms with Crippen molar-refractivity contribution in [3.63, 3.8) is 0 Å². The third kappa shape index (κ3) is 11.6. The Morgan fingerprint density at radius 3 is 2.23 bits per heavy atom. The average molecular weight is 596 g/mol. The van der Waals surface area contributed by atoms with Gasteiger partial charge in [-0.05, 0) is 70.9 Å². The van der Waals surface area contributed by atoms with Crippen LogP contribution in [0.25, 0.3) is 0 Å². The van der Waals surface area contributed by atoms with Crippen LogP contribution in [0.3, 0.4) is 0 Å². The quantitative estimate of drug-likeness (QED) is 0.196. The molecular weight excluding hydrogens is 542 g/mol. The van der Waals surface area contributed by atoms with Crippen LogP contribution in [0.2, 0.25) is 0 Å². The van der Waals surface area contributed by atoms with E-state index in [0.717, 1.165) is 31.2 Å². The minimum atomic E-state index is -1.10. The molecule has 3 N–H and O–H groups in total. The smallest absolute Gasteiger partial charge is 0.408 e. The molecule has 0 fully saturated rings.